The van der Waals surface area contributed by atoms with E-state index < -0.39 is 67.0 Å². The second-order valence-electron chi connectivity index (χ2n) is 1.98. The molecule has 3 N–H and O–H groups in total. The van der Waals surface area contributed by atoms with Gasteiger partial charge in [-0.25, -0.2) is 0 Å². The van der Waals surface area contributed by atoms with Crippen molar-refractivity contribution in [3.8, 4) is 0 Å². The average molecular weight is 717 g/mol. The Morgan fingerprint density at radius 3 is 1.11 bits per heavy atom. The van der Waals surface area contributed by atoms with E-state index in [0.29, 0.717) is 0 Å². The van der Waals surface area contributed by atoms with E-state index >= 15 is 0 Å². The summed E-state index contributed by atoms with van der Waals surface area (Å²) >= 11 is -3.45. The van der Waals surface area contributed by atoms with Crippen LogP contribution < -0.4 is 3.61 Å². The third-order valence-electron chi connectivity index (χ3n) is 0.900. The first-order valence-electron chi connectivity index (χ1n) is 2.68. The Morgan fingerprint density at radius 1 is 0.667 bits per heavy atom. The van der Waals surface area contributed by atoms with Crippen LogP contribution >= 0.6 is 0 Å². The van der Waals surface area contributed by atoms with Crippen LogP contribution in [0.2, 0.25) is 13.9 Å². The molecule has 1 heterocycles. The van der Waals surface area contributed by atoms with E-state index in [-0.39, 0.29) is 0 Å². The van der Waals surface area contributed by atoms with E-state index in [1.54, 1.807) is 0 Å². The van der Waals surface area contributed by atoms with Crippen molar-refractivity contribution in [2.75, 3.05) is 0 Å². The number of nitrogens with one attached hydrogen (secondary N) is 3. The first kappa shape index (κ1) is 9.62. The summed E-state index contributed by atoms with van der Waals surface area (Å²) in [7, 11) is 0. The van der Waals surface area contributed by atoms with Crippen molar-refractivity contribution < 1.29 is 0 Å². The van der Waals surface area contributed by atoms with Crippen LogP contribution in [0.15, 0.2) is 0 Å². The van der Waals surface area contributed by atoms with Crippen LogP contribution in [-0.2, 0) is 0 Å². The zero-order valence-electron chi connectivity index (χ0n) is 5.84. The Kier molecular flexibility index (Phi) is 4.84. The first-order chi connectivity index (χ1) is 4.18. The van der Waals surface area contributed by atoms with Crippen molar-refractivity contribution in [2.24, 2.45) is 0 Å². The Balaban J connectivity index is 2.34. The monoisotopic (exact) mass is 717 g/mol. The van der Waals surface area contributed by atoms with Gasteiger partial charge in [0.25, 0.3) is 0 Å². The van der Waals surface area contributed by atoms with Gasteiger partial charge >= 0.3 is 84.5 Å². The van der Waals surface area contributed by atoms with Gasteiger partial charge in [-0.05, 0) is 0 Å². The van der Waals surface area contributed by atoms with Crippen molar-refractivity contribution in [1.29, 1.82) is 0 Å². The van der Waals surface area contributed by atoms with Crippen LogP contribution in [0.3, 0.4) is 0 Å². The van der Waals surface area contributed by atoms with Gasteiger partial charge in [0.05, 0.1) is 0 Å². The molecule has 0 saturated carbocycles. The van der Waals surface area contributed by atoms with Gasteiger partial charge in [-0.3, -0.25) is 0 Å². The van der Waals surface area contributed by atoms with Gasteiger partial charge in [0.15, 0.2) is 0 Å². The maximum absolute atomic E-state index is 3.75. The maximum atomic E-state index is 3.75. The van der Waals surface area contributed by atoms with Crippen LogP contribution in [0.5, 0.6) is 0 Å². The quantitative estimate of drug-likeness (QED) is 0.286. The molecule has 6 heteroatoms. The second-order valence-corrected chi connectivity index (χ2v) is 37.8. The molecule has 0 aliphatic carbocycles. The molecular weight excluding hydrogens is 705 g/mol. The molecule has 1 fully saturated rings. The normalized spacial score (nSPS) is 27.0. The van der Waals surface area contributed by atoms with Crippen molar-refractivity contribution in [1.82, 2.24) is 3.61 Å². The molecule has 1 saturated heterocycles. The molecule has 0 aromatic heterocycles. The number of hydrogen-bond donors (Lipinski definition) is 3. The topological polar surface area (TPSA) is 36.1 Å². The molecule has 3 nitrogen and oxygen atoms in total. The zero-order chi connectivity index (χ0) is 6.85. The first-order valence-corrected chi connectivity index (χ1v) is 23.5. The standard InChI is InChI=1S/3CH3.3Bi.3HN/h3*1H3;;;;3*1H. The minimum atomic E-state index is -1.15. The molecule has 1 aliphatic rings. The second kappa shape index (κ2) is 4.53. The molecule has 0 radical (unpaired) electrons. The summed E-state index contributed by atoms with van der Waals surface area (Å²) < 4.78 is 18.5. The summed E-state index contributed by atoms with van der Waals surface area (Å²) in [5, 5.41) is 0. The predicted octanol–water partition coefficient (Wildman–Crippen LogP) is -0.877. The van der Waals surface area contributed by atoms with Crippen LogP contribution in [0.25, 0.3) is 0 Å². The molecule has 9 heavy (non-hydrogen) atoms. The summed E-state index contributed by atoms with van der Waals surface area (Å²) in [4.78, 5) is 0. The van der Waals surface area contributed by atoms with Crippen molar-refractivity contribution in [2.45, 2.75) is 13.9 Å². The molecule has 0 aromatic carbocycles. The van der Waals surface area contributed by atoms with Gasteiger partial charge in [0.1, 0.15) is 0 Å². The van der Waals surface area contributed by atoms with Crippen LogP contribution in [0, 0.1) is 0 Å². The third-order valence-corrected chi connectivity index (χ3v) is 69.3. The van der Waals surface area contributed by atoms with Gasteiger partial charge in [-0.15, -0.1) is 0 Å². The Hall–Kier alpha value is 2.53. The molecule has 0 spiro atoms. The van der Waals surface area contributed by atoms with E-state index in [2.05, 4.69) is 17.5 Å². The van der Waals surface area contributed by atoms with Crippen LogP contribution in [0.1, 0.15) is 0 Å². The Morgan fingerprint density at radius 2 is 0.889 bits per heavy atom. The fraction of sp³-hybridized carbons (Fsp3) is 1.00. The fourth-order valence-electron chi connectivity index (χ4n) is 0.742. The number of rotatable bonds is 0. The molecule has 0 aromatic rings. The predicted molar refractivity (Wildman–Crippen MR) is 44.3 cm³/mol. The summed E-state index contributed by atoms with van der Waals surface area (Å²) in [6, 6.07) is 0. The van der Waals surface area contributed by atoms with Crippen molar-refractivity contribution in [3.63, 3.8) is 0 Å². The van der Waals surface area contributed by atoms with Crippen LogP contribution in [-0.4, -0.2) is 67.0 Å². The average Bonchev–Trinajstić information content (AvgIpc) is 1.59. The zero-order valence-corrected chi connectivity index (χ0v) is 16.3. The fourth-order valence-corrected chi connectivity index (χ4v) is 97.3. The van der Waals surface area contributed by atoms with Gasteiger partial charge in [0.2, 0.25) is 0 Å². The van der Waals surface area contributed by atoms with E-state index in [0.717, 1.165) is 0 Å². The molecule has 0 amide bonds. The van der Waals surface area contributed by atoms with Crippen LogP contribution in [0.4, 0.5) is 0 Å². The summed E-state index contributed by atoms with van der Waals surface area (Å²) in [6.07, 6.45) is 0. The van der Waals surface area contributed by atoms with Gasteiger partial charge in [-0.1, -0.05) is 0 Å². The molecular formula is C3H12Bi3N3. The van der Waals surface area contributed by atoms with Gasteiger partial charge < -0.3 is 0 Å². The van der Waals surface area contributed by atoms with Gasteiger partial charge in [0, 0.05) is 0 Å². The molecule has 1 rings (SSSR count). The summed E-state index contributed by atoms with van der Waals surface area (Å²) in [5.74, 6) is 0. The SMILES string of the molecule is [CH3][Bi]1[NH][Bi]([CH3])[NH][Bi]([CH3])[NH]1. The van der Waals surface area contributed by atoms with E-state index in [4.69, 9.17) is 0 Å². The molecule has 0 atom stereocenters. The van der Waals surface area contributed by atoms with E-state index in [1.165, 1.54) is 0 Å². The molecule has 1 aliphatic heterocycles. The summed E-state index contributed by atoms with van der Waals surface area (Å²) in [6.45, 7) is 0. The molecule has 54 valence electrons. The molecule has 0 unspecified atom stereocenters. The van der Waals surface area contributed by atoms with E-state index in [1.807, 2.05) is 0 Å². The Bertz CT molecular complexity index is 75.3. The van der Waals surface area contributed by atoms with Crippen molar-refractivity contribution in [3.05, 3.63) is 0 Å². The Labute approximate surface area is 82.8 Å². The third kappa shape index (κ3) is 3.63. The minimum absolute atomic E-state index is 1.15. The van der Waals surface area contributed by atoms with Crippen molar-refractivity contribution >= 4 is 67.0 Å². The molecule has 0 bridgehead atoms. The van der Waals surface area contributed by atoms with E-state index in [9.17, 15) is 0 Å². The summed E-state index contributed by atoms with van der Waals surface area (Å²) in [5.41, 5.74) is 0. The van der Waals surface area contributed by atoms with Gasteiger partial charge in [-0.2, -0.15) is 0 Å². The number of hydrogen-bond acceptors (Lipinski definition) is 3.